The van der Waals surface area contributed by atoms with Crippen LogP contribution >= 0.6 is 12.6 Å². The number of aliphatic hydroxyl groups excluding tert-OH is 1. The minimum absolute atomic E-state index is 0.249. The molecule has 0 rings (SSSR count). The maximum atomic E-state index is 9.15. The Morgan fingerprint density at radius 1 is 1.18 bits per heavy atom. The maximum Gasteiger partial charge on any atom is 0.0558 e. The fraction of sp³-hybridized carbons (Fsp3) is 1.00. The zero-order valence-electron chi connectivity index (χ0n) is 12.1. The average Bonchev–Trinajstić information content (AvgIpc) is 2.28. The van der Waals surface area contributed by atoms with Crippen LogP contribution in [0.5, 0.6) is 0 Å². The van der Waals surface area contributed by atoms with Crippen molar-refractivity contribution in [1.82, 2.24) is 4.90 Å². The summed E-state index contributed by atoms with van der Waals surface area (Å²) in [6, 6.07) is 0.495. The van der Waals surface area contributed by atoms with E-state index < -0.39 is 0 Å². The molecule has 0 radical (unpaired) electrons. The van der Waals surface area contributed by atoms with Crippen LogP contribution in [0.2, 0.25) is 0 Å². The number of hydrogen-bond donors (Lipinski definition) is 2. The van der Waals surface area contributed by atoms with E-state index in [2.05, 4.69) is 45.2 Å². The Balaban J connectivity index is 4.66. The third-order valence-electron chi connectivity index (χ3n) is 3.55. The first-order valence-corrected chi connectivity index (χ1v) is 7.64. The summed E-state index contributed by atoms with van der Waals surface area (Å²) < 4.78 is 0. The normalized spacial score (nSPS) is 12.7. The maximum absolute atomic E-state index is 9.15. The van der Waals surface area contributed by atoms with Gasteiger partial charge in [0, 0.05) is 19.1 Å². The smallest absolute Gasteiger partial charge is 0.0558 e. The first-order chi connectivity index (χ1) is 8.05. The van der Waals surface area contributed by atoms with Crippen LogP contribution in [0, 0.1) is 5.41 Å². The predicted molar refractivity (Wildman–Crippen MR) is 79.9 cm³/mol. The second kappa shape index (κ2) is 9.23. The molecule has 0 aliphatic heterocycles. The lowest BCUT2D eigenvalue weighted by atomic mass is 9.80. The molecular weight excluding hydrogens is 230 g/mol. The molecule has 2 nitrogen and oxygen atoms in total. The Morgan fingerprint density at radius 3 is 2.00 bits per heavy atom. The highest BCUT2D eigenvalue weighted by atomic mass is 32.1. The predicted octanol–water partition coefficient (Wildman–Crippen LogP) is 3.21. The average molecular weight is 261 g/mol. The zero-order valence-corrected chi connectivity index (χ0v) is 13.0. The van der Waals surface area contributed by atoms with Gasteiger partial charge in [0.2, 0.25) is 0 Å². The minimum Gasteiger partial charge on any atom is -0.395 e. The summed E-state index contributed by atoms with van der Waals surface area (Å²) in [5, 5.41) is 9.15. The van der Waals surface area contributed by atoms with Crippen LogP contribution < -0.4 is 0 Å². The molecule has 0 aliphatic rings. The zero-order chi connectivity index (χ0) is 13.3. The first kappa shape index (κ1) is 17.3. The SMILES string of the molecule is CCCC(CS)(CCC)CN(CCO)C(C)C. The minimum atomic E-state index is 0.249. The van der Waals surface area contributed by atoms with Gasteiger partial charge in [-0.25, -0.2) is 0 Å². The molecule has 0 bridgehead atoms. The fourth-order valence-corrected chi connectivity index (χ4v) is 3.05. The highest BCUT2D eigenvalue weighted by molar-refractivity contribution is 7.80. The van der Waals surface area contributed by atoms with Crippen LogP contribution in [0.3, 0.4) is 0 Å². The lowest BCUT2D eigenvalue weighted by Crippen LogP contribution is -2.44. The monoisotopic (exact) mass is 261 g/mol. The third kappa shape index (κ3) is 6.12. The van der Waals surface area contributed by atoms with Gasteiger partial charge in [-0.05, 0) is 37.9 Å². The molecule has 0 saturated carbocycles. The van der Waals surface area contributed by atoms with Gasteiger partial charge >= 0.3 is 0 Å². The van der Waals surface area contributed by atoms with E-state index in [9.17, 15) is 0 Å². The molecule has 0 amide bonds. The number of hydrogen-bond acceptors (Lipinski definition) is 3. The largest absolute Gasteiger partial charge is 0.395 e. The van der Waals surface area contributed by atoms with Gasteiger partial charge in [0.15, 0.2) is 0 Å². The van der Waals surface area contributed by atoms with E-state index in [1.807, 2.05) is 0 Å². The molecule has 0 aromatic rings. The van der Waals surface area contributed by atoms with E-state index in [0.717, 1.165) is 18.8 Å². The summed E-state index contributed by atoms with van der Waals surface area (Å²) in [6.07, 6.45) is 4.90. The molecule has 17 heavy (non-hydrogen) atoms. The van der Waals surface area contributed by atoms with Crippen molar-refractivity contribution in [3.8, 4) is 0 Å². The highest BCUT2D eigenvalue weighted by Crippen LogP contribution is 2.32. The molecule has 0 saturated heterocycles. The molecule has 0 aromatic heterocycles. The molecule has 0 unspecified atom stereocenters. The summed E-state index contributed by atoms with van der Waals surface area (Å²) in [7, 11) is 0. The summed E-state index contributed by atoms with van der Waals surface area (Å²) >= 11 is 4.59. The van der Waals surface area contributed by atoms with E-state index in [1.165, 1.54) is 25.7 Å². The molecule has 0 aromatic carbocycles. The van der Waals surface area contributed by atoms with Crippen LogP contribution in [-0.4, -0.2) is 41.5 Å². The third-order valence-corrected chi connectivity index (χ3v) is 4.22. The molecule has 0 atom stereocenters. The Bertz CT molecular complexity index is 179. The summed E-state index contributed by atoms with van der Waals surface area (Å²) in [4.78, 5) is 2.39. The second-order valence-electron chi connectivity index (χ2n) is 5.45. The molecular formula is C14H31NOS. The Hall–Kier alpha value is 0.270. The van der Waals surface area contributed by atoms with Gasteiger partial charge < -0.3 is 5.11 Å². The summed E-state index contributed by atoms with van der Waals surface area (Å²) in [5.41, 5.74) is 0.325. The standard InChI is InChI=1S/C14H31NOS/c1-5-7-14(12-17,8-6-2)11-15(9-10-16)13(3)4/h13,16-17H,5-12H2,1-4H3. The number of nitrogens with zero attached hydrogens (tertiary/aromatic N) is 1. The van der Waals surface area contributed by atoms with Gasteiger partial charge in [0.25, 0.3) is 0 Å². The number of rotatable bonds is 10. The van der Waals surface area contributed by atoms with Crippen molar-refractivity contribution in [3.05, 3.63) is 0 Å². The van der Waals surface area contributed by atoms with E-state index in [0.29, 0.717) is 11.5 Å². The molecule has 104 valence electrons. The Morgan fingerprint density at radius 2 is 1.71 bits per heavy atom. The van der Waals surface area contributed by atoms with E-state index in [-0.39, 0.29) is 6.61 Å². The van der Waals surface area contributed by atoms with Gasteiger partial charge in [-0.1, -0.05) is 26.7 Å². The molecule has 1 N–H and O–H groups in total. The topological polar surface area (TPSA) is 23.5 Å². The quantitative estimate of drug-likeness (QED) is 0.590. The molecule has 0 aliphatic carbocycles. The van der Waals surface area contributed by atoms with Gasteiger partial charge in [-0.3, -0.25) is 4.90 Å². The highest BCUT2D eigenvalue weighted by Gasteiger charge is 2.30. The van der Waals surface area contributed by atoms with E-state index >= 15 is 0 Å². The van der Waals surface area contributed by atoms with Crippen LogP contribution in [-0.2, 0) is 0 Å². The Labute approximate surface area is 113 Å². The van der Waals surface area contributed by atoms with Gasteiger partial charge in [-0.15, -0.1) is 0 Å². The second-order valence-corrected chi connectivity index (χ2v) is 5.76. The first-order valence-electron chi connectivity index (χ1n) is 7.01. The van der Waals surface area contributed by atoms with Crippen molar-refractivity contribution in [3.63, 3.8) is 0 Å². The van der Waals surface area contributed by atoms with Crippen molar-refractivity contribution >= 4 is 12.6 Å². The van der Waals surface area contributed by atoms with Crippen LogP contribution in [0.4, 0.5) is 0 Å². The lowest BCUT2D eigenvalue weighted by Gasteiger charge is -2.39. The van der Waals surface area contributed by atoms with Gasteiger partial charge in [0.1, 0.15) is 0 Å². The van der Waals surface area contributed by atoms with Gasteiger partial charge in [0.05, 0.1) is 6.61 Å². The van der Waals surface area contributed by atoms with Crippen molar-refractivity contribution in [1.29, 1.82) is 0 Å². The van der Waals surface area contributed by atoms with Crippen molar-refractivity contribution < 1.29 is 5.11 Å². The van der Waals surface area contributed by atoms with Crippen LogP contribution in [0.25, 0.3) is 0 Å². The molecule has 0 fully saturated rings. The van der Waals surface area contributed by atoms with E-state index in [4.69, 9.17) is 5.11 Å². The van der Waals surface area contributed by atoms with Crippen LogP contribution in [0.15, 0.2) is 0 Å². The van der Waals surface area contributed by atoms with Crippen molar-refractivity contribution in [2.45, 2.75) is 59.4 Å². The number of thiol groups is 1. The Kier molecular flexibility index (Phi) is 9.38. The van der Waals surface area contributed by atoms with Crippen molar-refractivity contribution in [2.75, 3.05) is 25.4 Å². The van der Waals surface area contributed by atoms with Crippen LogP contribution in [0.1, 0.15) is 53.4 Å². The van der Waals surface area contributed by atoms with Gasteiger partial charge in [-0.2, -0.15) is 12.6 Å². The summed E-state index contributed by atoms with van der Waals surface area (Å²) in [5.74, 6) is 0.948. The van der Waals surface area contributed by atoms with E-state index in [1.54, 1.807) is 0 Å². The molecule has 0 heterocycles. The lowest BCUT2D eigenvalue weighted by molar-refractivity contribution is 0.0984. The van der Waals surface area contributed by atoms with Crippen molar-refractivity contribution in [2.24, 2.45) is 5.41 Å². The molecule has 3 heteroatoms. The summed E-state index contributed by atoms with van der Waals surface area (Å²) in [6.45, 7) is 11.0. The fourth-order valence-electron chi connectivity index (χ4n) is 2.63. The molecule has 0 spiro atoms. The number of aliphatic hydroxyl groups is 1.